The molecule has 0 unspecified atom stereocenters. The van der Waals surface area contributed by atoms with Crippen molar-refractivity contribution in [1.82, 2.24) is 10.3 Å². The van der Waals surface area contributed by atoms with Gasteiger partial charge in [0.05, 0.1) is 36.7 Å². The Balaban J connectivity index is 1.39. The number of nitrogens with one attached hydrogen (secondary N) is 2. The number of ether oxygens (including phenoxy) is 1. The molecular weight excluding hydrogens is 414 g/mol. The number of hydrogen-bond acceptors (Lipinski definition) is 6. The Labute approximate surface area is 194 Å². The maximum absolute atomic E-state index is 13.1. The van der Waals surface area contributed by atoms with Crippen molar-refractivity contribution < 1.29 is 9.53 Å². The summed E-state index contributed by atoms with van der Waals surface area (Å²) in [6.45, 7) is 3.72. The average Bonchev–Trinajstić information content (AvgIpc) is 2.88. The molecule has 33 heavy (non-hydrogen) atoms. The van der Waals surface area contributed by atoms with Crippen molar-refractivity contribution in [2.45, 2.75) is 12.5 Å². The molecule has 1 atom stereocenters. The molecule has 0 bridgehead atoms. The van der Waals surface area contributed by atoms with Crippen LogP contribution in [0.5, 0.6) is 0 Å². The first-order valence-electron chi connectivity index (χ1n) is 11.1. The Bertz CT molecular complexity index is 1070. The fourth-order valence-corrected chi connectivity index (χ4v) is 3.78. The maximum Gasteiger partial charge on any atom is 0.247 e. The van der Waals surface area contributed by atoms with Crippen LogP contribution in [0.1, 0.15) is 22.7 Å². The number of aromatic nitrogens is 1. The fraction of sp³-hybridized carbons (Fsp3) is 0.269. The Kier molecular flexibility index (Phi) is 7.64. The Morgan fingerprint density at radius 3 is 2.48 bits per heavy atom. The molecule has 0 saturated carbocycles. The van der Waals surface area contributed by atoms with E-state index >= 15 is 0 Å². The van der Waals surface area contributed by atoms with Crippen molar-refractivity contribution in [2.24, 2.45) is 0 Å². The highest BCUT2D eigenvalue weighted by Gasteiger charge is 2.20. The fourth-order valence-electron chi connectivity index (χ4n) is 3.78. The van der Waals surface area contributed by atoms with Gasteiger partial charge in [-0.05, 0) is 41.8 Å². The molecule has 1 amide bonds. The summed E-state index contributed by atoms with van der Waals surface area (Å²) in [5.74, 6) is 0.361. The molecule has 0 aliphatic carbocycles. The summed E-state index contributed by atoms with van der Waals surface area (Å²) in [4.78, 5) is 19.8. The van der Waals surface area contributed by atoms with Crippen LogP contribution in [-0.4, -0.2) is 43.7 Å². The zero-order chi connectivity index (χ0) is 22.9. The van der Waals surface area contributed by atoms with E-state index in [1.807, 2.05) is 66.7 Å². The van der Waals surface area contributed by atoms with Crippen molar-refractivity contribution in [1.29, 1.82) is 5.26 Å². The molecule has 7 heteroatoms. The molecule has 0 spiro atoms. The Morgan fingerprint density at radius 1 is 1.06 bits per heavy atom. The van der Waals surface area contributed by atoms with Crippen molar-refractivity contribution in [3.63, 3.8) is 0 Å². The maximum atomic E-state index is 13.1. The van der Waals surface area contributed by atoms with Gasteiger partial charge in [-0.3, -0.25) is 4.79 Å². The number of pyridine rings is 1. The Hall–Kier alpha value is -3.73. The van der Waals surface area contributed by atoms with Crippen LogP contribution in [-0.2, 0) is 16.0 Å². The molecule has 1 saturated heterocycles. The molecule has 0 radical (unpaired) electrons. The smallest absolute Gasteiger partial charge is 0.247 e. The van der Waals surface area contributed by atoms with Crippen molar-refractivity contribution in [2.75, 3.05) is 43.1 Å². The van der Waals surface area contributed by atoms with Gasteiger partial charge in [0.1, 0.15) is 11.9 Å². The largest absolute Gasteiger partial charge is 0.378 e. The van der Waals surface area contributed by atoms with E-state index < -0.39 is 6.04 Å². The van der Waals surface area contributed by atoms with Crippen molar-refractivity contribution in [3.05, 3.63) is 89.6 Å². The van der Waals surface area contributed by atoms with Gasteiger partial charge >= 0.3 is 0 Å². The third-order valence-corrected chi connectivity index (χ3v) is 5.62. The number of rotatable bonds is 8. The number of nitrogens with zero attached hydrogens (tertiary/aromatic N) is 3. The predicted molar refractivity (Wildman–Crippen MR) is 128 cm³/mol. The standard InChI is InChI=1S/C26H27N5O2/c27-18-21-8-6-20(7-9-21)12-13-28-25(22-4-2-1-3-5-22)26(32)30-24-11-10-23(19-29-24)31-14-16-33-17-15-31/h1-11,19,25,28H,12-17H2,(H,29,30,32)/t25-/m0/s1. The Morgan fingerprint density at radius 2 is 1.82 bits per heavy atom. The second-order valence-electron chi connectivity index (χ2n) is 7.85. The highest BCUT2D eigenvalue weighted by Crippen LogP contribution is 2.19. The van der Waals surface area contributed by atoms with Crippen LogP contribution in [0.3, 0.4) is 0 Å². The number of amides is 1. The van der Waals surface area contributed by atoms with Crippen LogP contribution < -0.4 is 15.5 Å². The minimum absolute atomic E-state index is 0.160. The van der Waals surface area contributed by atoms with Crippen molar-refractivity contribution >= 4 is 17.4 Å². The highest BCUT2D eigenvalue weighted by molar-refractivity contribution is 5.94. The lowest BCUT2D eigenvalue weighted by Gasteiger charge is -2.28. The van der Waals surface area contributed by atoms with Crippen LogP contribution in [0, 0.1) is 11.3 Å². The minimum atomic E-state index is -0.509. The summed E-state index contributed by atoms with van der Waals surface area (Å²) in [6.07, 6.45) is 2.53. The van der Waals surface area contributed by atoms with E-state index in [0.29, 0.717) is 31.1 Å². The summed E-state index contributed by atoms with van der Waals surface area (Å²) in [5.41, 5.74) is 3.66. The summed E-state index contributed by atoms with van der Waals surface area (Å²) in [5, 5.41) is 15.3. The first-order chi connectivity index (χ1) is 16.2. The van der Waals surface area contributed by atoms with E-state index in [1.54, 1.807) is 6.20 Å². The van der Waals surface area contributed by atoms with Gasteiger partial charge in [-0.25, -0.2) is 4.98 Å². The number of morpholine rings is 1. The number of carbonyl (C=O) groups excluding carboxylic acids is 1. The van der Waals surface area contributed by atoms with Gasteiger partial charge in [-0.15, -0.1) is 0 Å². The van der Waals surface area contributed by atoms with Crippen LogP contribution in [0.25, 0.3) is 0 Å². The number of anilines is 2. The monoisotopic (exact) mass is 441 g/mol. The normalized spacial score (nSPS) is 14.3. The third kappa shape index (κ3) is 6.16. The molecule has 1 aliphatic heterocycles. The van der Waals surface area contributed by atoms with E-state index in [9.17, 15) is 4.79 Å². The first kappa shape index (κ1) is 22.5. The molecule has 1 aromatic heterocycles. The molecule has 2 aromatic carbocycles. The van der Waals surface area contributed by atoms with Crippen LogP contribution in [0.15, 0.2) is 72.9 Å². The van der Waals surface area contributed by atoms with Gasteiger partial charge in [0, 0.05) is 19.6 Å². The lowest BCUT2D eigenvalue weighted by atomic mass is 10.1. The minimum Gasteiger partial charge on any atom is -0.378 e. The highest BCUT2D eigenvalue weighted by atomic mass is 16.5. The molecule has 4 rings (SSSR count). The summed E-state index contributed by atoms with van der Waals surface area (Å²) >= 11 is 0. The lowest BCUT2D eigenvalue weighted by molar-refractivity contribution is -0.118. The molecule has 7 nitrogen and oxygen atoms in total. The van der Waals surface area contributed by atoms with E-state index in [1.165, 1.54) is 0 Å². The van der Waals surface area contributed by atoms with Crippen LogP contribution in [0.2, 0.25) is 0 Å². The number of hydrogen-bond donors (Lipinski definition) is 2. The molecule has 168 valence electrons. The zero-order valence-electron chi connectivity index (χ0n) is 18.4. The van der Waals surface area contributed by atoms with Gasteiger partial charge in [-0.2, -0.15) is 5.26 Å². The first-order valence-corrected chi connectivity index (χ1v) is 11.1. The SMILES string of the molecule is N#Cc1ccc(CCN[C@H](C(=O)Nc2ccc(N3CCOCC3)cn2)c2ccccc2)cc1. The second-order valence-corrected chi connectivity index (χ2v) is 7.85. The molecule has 2 N–H and O–H groups in total. The summed E-state index contributed by atoms with van der Waals surface area (Å²) in [6, 6.07) is 22.6. The van der Waals surface area contributed by atoms with E-state index in [4.69, 9.17) is 10.00 Å². The molecule has 2 heterocycles. The van der Waals surface area contributed by atoms with Gasteiger partial charge < -0.3 is 20.3 Å². The van der Waals surface area contributed by atoms with E-state index in [-0.39, 0.29) is 5.91 Å². The predicted octanol–water partition coefficient (Wildman–Crippen LogP) is 3.30. The molecule has 1 aliphatic rings. The quantitative estimate of drug-likeness (QED) is 0.558. The molecule has 1 fully saturated rings. The average molecular weight is 442 g/mol. The van der Waals surface area contributed by atoms with Crippen molar-refractivity contribution in [3.8, 4) is 6.07 Å². The van der Waals surface area contributed by atoms with Gasteiger partial charge in [0.2, 0.25) is 5.91 Å². The van der Waals surface area contributed by atoms with Crippen LogP contribution >= 0.6 is 0 Å². The zero-order valence-corrected chi connectivity index (χ0v) is 18.4. The second kappa shape index (κ2) is 11.2. The van der Waals surface area contributed by atoms with Gasteiger partial charge in [-0.1, -0.05) is 42.5 Å². The van der Waals surface area contributed by atoms with E-state index in [0.717, 1.165) is 36.3 Å². The summed E-state index contributed by atoms with van der Waals surface area (Å²) in [7, 11) is 0. The third-order valence-electron chi connectivity index (χ3n) is 5.62. The number of nitriles is 1. The van der Waals surface area contributed by atoms with Gasteiger partial charge in [0.15, 0.2) is 0 Å². The summed E-state index contributed by atoms with van der Waals surface area (Å²) < 4.78 is 5.40. The molecule has 3 aromatic rings. The van der Waals surface area contributed by atoms with E-state index in [2.05, 4.69) is 26.6 Å². The number of carbonyl (C=O) groups is 1. The van der Waals surface area contributed by atoms with Gasteiger partial charge in [0.25, 0.3) is 0 Å². The van der Waals surface area contributed by atoms with Crippen LogP contribution in [0.4, 0.5) is 11.5 Å². The molecular formula is C26H27N5O2. The topological polar surface area (TPSA) is 90.3 Å². The number of benzene rings is 2. The lowest BCUT2D eigenvalue weighted by Crippen LogP contribution is -2.36.